The van der Waals surface area contributed by atoms with Gasteiger partial charge in [0, 0.05) is 18.7 Å². The summed E-state index contributed by atoms with van der Waals surface area (Å²) < 4.78 is 32.4. The van der Waals surface area contributed by atoms with E-state index in [0.29, 0.717) is 13.2 Å². The molecule has 0 aliphatic carbocycles. The van der Waals surface area contributed by atoms with E-state index in [4.69, 9.17) is 10.5 Å². The Morgan fingerprint density at radius 2 is 2.19 bits per heavy atom. The lowest BCUT2D eigenvalue weighted by Gasteiger charge is -2.37. The zero-order chi connectivity index (χ0) is 15.6. The molecule has 1 amide bonds. The minimum atomic E-state index is -0.834. The van der Waals surface area contributed by atoms with Crippen molar-refractivity contribution in [2.45, 2.75) is 25.9 Å². The molecule has 1 aliphatic rings. The molecule has 1 fully saturated rings. The number of amides is 1. The van der Waals surface area contributed by atoms with Crippen LogP contribution in [0.5, 0.6) is 0 Å². The van der Waals surface area contributed by atoms with Crippen LogP contribution in [-0.4, -0.2) is 37.7 Å². The lowest BCUT2D eigenvalue weighted by atomic mass is 10.1. The van der Waals surface area contributed by atoms with Crippen LogP contribution < -0.4 is 16.0 Å². The molecule has 5 nitrogen and oxygen atoms in total. The van der Waals surface area contributed by atoms with Gasteiger partial charge in [0.15, 0.2) is 5.82 Å². The fourth-order valence-electron chi connectivity index (χ4n) is 2.30. The van der Waals surface area contributed by atoms with E-state index in [-0.39, 0.29) is 29.9 Å². The summed E-state index contributed by atoms with van der Waals surface area (Å²) in [6.45, 7) is 4.52. The van der Waals surface area contributed by atoms with Crippen molar-refractivity contribution >= 4 is 17.3 Å². The number of hydrogen-bond donors (Lipinski definition) is 2. The smallest absolute Gasteiger partial charge is 0.245 e. The Morgan fingerprint density at radius 1 is 1.48 bits per heavy atom. The van der Waals surface area contributed by atoms with Crippen LogP contribution >= 0.6 is 0 Å². The molecule has 1 unspecified atom stereocenters. The first-order valence-electron chi connectivity index (χ1n) is 6.79. The molecule has 116 valence electrons. The maximum absolute atomic E-state index is 13.6. The van der Waals surface area contributed by atoms with Gasteiger partial charge in [0.05, 0.1) is 24.6 Å². The summed E-state index contributed by atoms with van der Waals surface area (Å²) in [5, 5.41) is 2.77. The Morgan fingerprint density at radius 3 is 2.86 bits per heavy atom. The summed E-state index contributed by atoms with van der Waals surface area (Å²) in [4.78, 5) is 13.8. The highest BCUT2D eigenvalue weighted by Gasteiger charge is 2.31. The average Bonchev–Trinajstić information content (AvgIpc) is 2.42. The molecule has 1 aliphatic heterocycles. The number of halogens is 2. The van der Waals surface area contributed by atoms with Crippen molar-refractivity contribution in [3.05, 3.63) is 23.8 Å². The molecule has 0 spiro atoms. The van der Waals surface area contributed by atoms with Crippen LogP contribution in [0.1, 0.15) is 13.8 Å². The van der Waals surface area contributed by atoms with E-state index in [1.54, 1.807) is 4.90 Å². The van der Waals surface area contributed by atoms with Crippen LogP contribution in [0.3, 0.4) is 0 Å². The van der Waals surface area contributed by atoms with Crippen molar-refractivity contribution in [3.8, 4) is 0 Å². The van der Waals surface area contributed by atoms with Crippen molar-refractivity contribution in [2.24, 2.45) is 0 Å². The van der Waals surface area contributed by atoms with Crippen LogP contribution in [0, 0.1) is 11.6 Å². The molecule has 7 heteroatoms. The molecule has 1 atom stereocenters. The number of carbonyl (C=O) groups excluding carboxylic acids is 1. The second-order valence-corrected chi connectivity index (χ2v) is 5.27. The lowest BCUT2D eigenvalue weighted by molar-refractivity contribution is -0.125. The highest BCUT2D eigenvalue weighted by Crippen LogP contribution is 2.30. The summed E-state index contributed by atoms with van der Waals surface area (Å²) in [7, 11) is 0. The first kappa shape index (κ1) is 15.5. The second kappa shape index (κ2) is 6.26. The van der Waals surface area contributed by atoms with Crippen molar-refractivity contribution in [2.75, 3.05) is 30.4 Å². The van der Waals surface area contributed by atoms with Gasteiger partial charge in [-0.25, -0.2) is 8.78 Å². The predicted molar refractivity (Wildman–Crippen MR) is 76.0 cm³/mol. The number of hydrogen-bond acceptors (Lipinski definition) is 4. The topological polar surface area (TPSA) is 67.6 Å². The fourth-order valence-corrected chi connectivity index (χ4v) is 2.30. The van der Waals surface area contributed by atoms with Crippen LogP contribution in [0.25, 0.3) is 0 Å². The number of ether oxygens (including phenoxy) is 1. The Bertz CT molecular complexity index is 537. The van der Waals surface area contributed by atoms with Crippen molar-refractivity contribution < 1.29 is 18.3 Å². The molecular formula is C14H19F2N3O2. The van der Waals surface area contributed by atoms with Gasteiger partial charge in [-0.05, 0) is 19.9 Å². The van der Waals surface area contributed by atoms with Crippen molar-refractivity contribution in [1.29, 1.82) is 0 Å². The quantitative estimate of drug-likeness (QED) is 0.825. The highest BCUT2D eigenvalue weighted by molar-refractivity contribution is 5.87. The molecule has 1 saturated heterocycles. The van der Waals surface area contributed by atoms with Crippen LogP contribution in [-0.2, 0) is 9.53 Å². The zero-order valence-electron chi connectivity index (χ0n) is 12.0. The van der Waals surface area contributed by atoms with Gasteiger partial charge in [0.1, 0.15) is 11.9 Å². The van der Waals surface area contributed by atoms with Crippen molar-refractivity contribution in [1.82, 2.24) is 5.32 Å². The maximum Gasteiger partial charge on any atom is 0.245 e. The summed E-state index contributed by atoms with van der Waals surface area (Å²) in [5.74, 6) is -1.82. The average molecular weight is 299 g/mol. The third kappa shape index (κ3) is 3.41. The van der Waals surface area contributed by atoms with Gasteiger partial charge in [-0.1, -0.05) is 0 Å². The third-order valence-corrected chi connectivity index (χ3v) is 3.24. The van der Waals surface area contributed by atoms with Crippen molar-refractivity contribution in [3.63, 3.8) is 0 Å². The summed E-state index contributed by atoms with van der Waals surface area (Å²) >= 11 is 0. The van der Waals surface area contributed by atoms with Gasteiger partial charge >= 0.3 is 0 Å². The molecule has 21 heavy (non-hydrogen) atoms. The Balaban J connectivity index is 2.33. The largest absolute Gasteiger partial charge is 0.395 e. The number of rotatable bonds is 3. The van der Waals surface area contributed by atoms with Gasteiger partial charge in [-0.3, -0.25) is 4.79 Å². The minimum Gasteiger partial charge on any atom is -0.395 e. The molecule has 1 aromatic carbocycles. The molecule has 3 N–H and O–H groups in total. The summed E-state index contributed by atoms with van der Waals surface area (Å²) in [5.41, 5.74) is 5.70. The SMILES string of the molecule is CC(C)NC(=O)C1COCCN1c1cc(F)cc(F)c1N. The number of nitrogen functional groups attached to an aromatic ring is 1. The van der Waals surface area contributed by atoms with Gasteiger partial charge in [0.2, 0.25) is 5.91 Å². The Kier molecular flexibility index (Phi) is 4.62. The minimum absolute atomic E-state index is 0.0390. The molecule has 1 heterocycles. The molecule has 0 bridgehead atoms. The number of morpholine rings is 1. The number of benzene rings is 1. The van der Waals surface area contributed by atoms with E-state index in [1.165, 1.54) is 0 Å². The standard InChI is InChI=1S/C14H19F2N3O2/c1-8(2)18-14(20)12-7-21-4-3-19(12)11-6-9(15)5-10(16)13(11)17/h5-6,8,12H,3-4,7,17H2,1-2H3,(H,18,20). The third-order valence-electron chi connectivity index (χ3n) is 3.24. The number of nitrogens with one attached hydrogen (secondary N) is 1. The number of anilines is 2. The summed E-state index contributed by atoms with van der Waals surface area (Å²) in [6.07, 6.45) is 0. The first-order valence-corrected chi connectivity index (χ1v) is 6.79. The number of nitrogens with two attached hydrogens (primary N) is 1. The monoisotopic (exact) mass is 299 g/mol. The lowest BCUT2D eigenvalue weighted by Crippen LogP contribution is -2.55. The van der Waals surface area contributed by atoms with Crippen LogP contribution in [0.4, 0.5) is 20.2 Å². The van der Waals surface area contributed by atoms with Gasteiger partial charge in [-0.15, -0.1) is 0 Å². The van der Waals surface area contributed by atoms with Crippen LogP contribution in [0.2, 0.25) is 0 Å². The predicted octanol–water partition coefficient (Wildman–Crippen LogP) is 1.28. The molecule has 0 aromatic heterocycles. The molecule has 0 radical (unpaired) electrons. The summed E-state index contributed by atoms with van der Waals surface area (Å²) in [6, 6.07) is 1.16. The number of carbonyl (C=O) groups is 1. The number of nitrogens with zero attached hydrogens (tertiary/aromatic N) is 1. The van der Waals surface area contributed by atoms with E-state index in [0.717, 1.165) is 12.1 Å². The van der Waals surface area contributed by atoms with Gasteiger partial charge in [0.25, 0.3) is 0 Å². The Hall–Kier alpha value is -1.89. The normalized spacial score (nSPS) is 18.9. The van der Waals surface area contributed by atoms with E-state index < -0.39 is 17.7 Å². The van der Waals surface area contributed by atoms with E-state index >= 15 is 0 Å². The van der Waals surface area contributed by atoms with E-state index in [9.17, 15) is 13.6 Å². The van der Waals surface area contributed by atoms with Gasteiger partial charge in [-0.2, -0.15) is 0 Å². The fraction of sp³-hybridized carbons (Fsp3) is 0.500. The maximum atomic E-state index is 13.6. The molecule has 0 saturated carbocycles. The van der Waals surface area contributed by atoms with E-state index in [2.05, 4.69) is 5.32 Å². The molecular weight excluding hydrogens is 280 g/mol. The molecule has 1 aromatic rings. The second-order valence-electron chi connectivity index (χ2n) is 5.27. The van der Waals surface area contributed by atoms with E-state index in [1.807, 2.05) is 13.8 Å². The van der Waals surface area contributed by atoms with Crippen LogP contribution in [0.15, 0.2) is 12.1 Å². The van der Waals surface area contributed by atoms with Gasteiger partial charge < -0.3 is 20.7 Å². The Labute approximate surface area is 122 Å². The zero-order valence-corrected chi connectivity index (χ0v) is 12.0. The first-order chi connectivity index (χ1) is 9.90. The molecule has 2 rings (SSSR count). The highest BCUT2D eigenvalue weighted by atomic mass is 19.1.